The number of hydrogen-bond acceptors (Lipinski definition) is 4. The number of nitrogens with one attached hydrogen (secondary N) is 2. The second kappa shape index (κ2) is 8.37. The normalized spacial score (nSPS) is 22.5. The van der Waals surface area contributed by atoms with Crippen molar-refractivity contribution in [3.8, 4) is 5.69 Å². The fourth-order valence-corrected chi connectivity index (χ4v) is 4.83. The van der Waals surface area contributed by atoms with Gasteiger partial charge in [0.2, 0.25) is 5.91 Å². The number of likely N-dealkylation sites (tertiary alicyclic amines) is 1. The summed E-state index contributed by atoms with van der Waals surface area (Å²) in [5.41, 5.74) is 2.54. The third kappa shape index (κ3) is 3.97. The van der Waals surface area contributed by atoms with Gasteiger partial charge in [-0.1, -0.05) is 6.07 Å². The third-order valence-electron chi connectivity index (χ3n) is 6.61. The van der Waals surface area contributed by atoms with Gasteiger partial charge >= 0.3 is 0 Å². The Morgan fingerprint density at radius 3 is 3.00 bits per heavy atom. The Bertz CT molecular complexity index is 1050. The number of nitrogens with zero attached hydrogens (tertiary/aromatic N) is 4. The number of hydrogen-bond donors (Lipinski definition) is 2. The monoisotopic (exact) mass is 418 g/mol. The summed E-state index contributed by atoms with van der Waals surface area (Å²) in [6, 6.07) is 9.40. The van der Waals surface area contributed by atoms with Crippen molar-refractivity contribution >= 4 is 11.8 Å². The van der Waals surface area contributed by atoms with Crippen molar-refractivity contribution in [2.24, 2.45) is 17.8 Å². The van der Waals surface area contributed by atoms with Crippen molar-refractivity contribution < 1.29 is 9.59 Å². The smallest absolute Gasteiger partial charge is 0.253 e. The molecule has 2 aliphatic rings. The Hall–Kier alpha value is -3.42. The number of piperidine rings is 1. The zero-order valence-corrected chi connectivity index (χ0v) is 17.3. The second-order valence-corrected chi connectivity index (χ2v) is 8.42. The van der Waals surface area contributed by atoms with Gasteiger partial charge in [-0.15, -0.1) is 0 Å². The number of fused-ring (bicyclic) bond motifs is 1. The van der Waals surface area contributed by atoms with Gasteiger partial charge in [0.05, 0.1) is 12.0 Å². The standard InChI is InChI=1S/C23H26N6O2/c30-22(25-8-5-18-13-24-15-26-18)20-12-16-6-10-28(14-21(16)20)23(31)17-3-1-4-19(11-17)29-9-2-7-27-29/h1-4,7,9,11,13,15-16,20-21H,5-6,8,10,12,14H2,(H,24,26)(H,25,30)/t16-,20-,21-/m1/s1. The number of aromatic nitrogens is 4. The maximum absolute atomic E-state index is 13.2. The first-order chi connectivity index (χ1) is 15.2. The van der Waals surface area contributed by atoms with Crippen LogP contribution in [0.3, 0.4) is 0 Å². The van der Waals surface area contributed by atoms with Gasteiger partial charge < -0.3 is 15.2 Å². The van der Waals surface area contributed by atoms with Crippen molar-refractivity contribution in [2.75, 3.05) is 19.6 Å². The van der Waals surface area contributed by atoms with Gasteiger partial charge in [-0.3, -0.25) is 9.59 Å². The summed E-state index contributed by atoms with van der Waals surface area (Å²) < 4.78 is 1.75. The van der Waals surface area contributed by atoms with Crippen molar-refractivity contribution in [1.29, 1.82) is 0 Å². The molecule has 1 aliphatic heterocycles. The lowest BCUT2D eigenvalue weighted by atomic mass is 9.61. The average Bonchev–Trinajstić information content (AvgIpc) is 3.49. The van der Waals surface area contributed by atoms with Crippen LogP contribution in [0.25, 0.3) is 5.69 Å². The van der Waals surface area contributed by atoms with Crippen LogP contribution in [-0.4, -0.2) is 56.1 Å². The quantitative estimate of drug-likeness (QED) is 0.640. The first-order valence-electron chi connectivity index (χ1n) is 10.8. The molecule has 0 radical (unpaired) electrons. The van der Waals surface area contributed by atoms with E-state index in [9.17, 15) is 9.59 Å². The Balaban J connectivity index is 1.19. The number of benzene rings is 1. The molecule has 0 spiro atoms. The zero-order chi connectivity index (χ0) is 21.2. The van der Waals surface area contributed by atoms with Gasteiger partial charge in [-0.2, -0.15) is 5.10 Å². The first kappa shape index (κ1) is 19.5. The molecular weight excluding hydrogens is 392 g/mol. The maximum atomic E-state index is 13.2. The van der Waals surface area contributed by atoms with E-state index in [0.29, 0.717) is 24.6 Å². The summed E-state index contributed by atoms with van der Waals surface area (Å²) >= 11 is 0. The molecule has 3 aromatic rings. The van der Waals surface area contributed by atoms with Crippen LogP contribution >= 0.6 is 0 Å². The predicted octanol–water partition coefficient (Wildman–Crippen LogP) is 2.05. The van der Waals surface area contributed by atoms with Crippen LogP contribution in [-0.2, 0) is 11.2 Å². The van der Waals surface area contributed by atoms with E-state index in [4.69, 9.17) is 0 Å². The predicted molar refractivity (Wildman–Crippen MR) is 114 cm³/mol. The van der Waals surface area contributed by atoms with Crippen LogP contribution in [0.1, 0.15) is 28.9 Å². The number of imidazole rings is 1. The molecule has 1 aromatic carbocycles. The molecule has 0 unspecified atom stereocenters. The minimum atomic E-state index is -0.00206. The molecule has 1 saturated heterocycles. The molecular formula is C23H26N6O2. The molecule has 2 N–H and O–H groups in total. The Kier molecular flexibility index (Phi) is 5.28. The Labute approximate surface area is 180 Å². The lowest BCUT2D eigenvalue weighted by Gasteiger charge is -2.50. The minimum absolute atomic E-state index is 0.00206. The van der Waals surface area contributed by atoms with Crippen LogP contribution in [0.4, 0.5) is 0 Å². The average molecular weight is 419 g/mol. The molecule has 2 fully saturated rings. The van der Waals surface area contributed by atoms with Crippen LogP contribution in [0, 0.1) is 17.8 Å². The van der Waals surface area contributed by atoms with E-state index in [1.165, 1.54) is 0 Å². The lowest BCUT2D eigenvalue weighted by Crippen LogP contribution is -2.56. The maximum Gasteiger partial charge on any atom is 0.253 e. The van der Waals surface area contributed by atoms with E-state index < -0.39 is 0 Å². The molecule has 160 valence electrons. The number of amides is 2. The largest absolute Gasteiger partial charge is 0.355 e. The van der Waals surface area contributed by atoms with Crippen molar-refractivity contribution in [2.45, 2.75) is 19.3 Å². The highest BCUT2D eigenvalue weighted by atomic mass is 16.2. The third-order valence-corrected chi connectivity index (χ3v) is 6.61. The number of carbonyl (C=O) groups excluding carboxylic acids is 2. The molecule has 5 rings (SSSR count). The summed E-state index contributed by atoms with van der Waals surface area (Å²) in [6.07, 6.45) is 9.63. The summed E-state index contributed by atoms with van der Waals surface area (Å²) in [7, 11) is 0. The Morgan fingerprint density at radius 2 is 2.19 bits per heavy atom. The molecule has 2 aromatic heterocycles. The van der Waals surface area contributed by atoms with E-state index in [2.05, 4.69) is 20.4 Å². The molecule has 8 nitrogen and oxygen atoms in total. The molecule has 8 heteroatoms. The van der Waals surface area contributed by atoms with Crippen molar-refractivity contribution in [3.63, 3.8) is 0 Å². The van der Waals surface area contributed by atoms with Gasteiger partial charge in [-0.25, -0.2) is 9.67 Å². The summed E-state index contributed by atoms with van der Waals surface area (Å²) in [4.78, 5) is 34.8. The van der Waals surface area contributed by atoms with E-state index in [-0.39, 0.29) is 23.7 Å². The number of aromatic amines is 1. The fraction of sp³-hybridized carbons (Fsp3) is 0.391. The topological polar surface area (TPSA) is 95.9 Å². The number of rotatable bonds is 6. The molecule has 0 bridgehead atoms. The van der Waals surface area contributed by atoms with E-state index in [1.54, 1.807) is 23.4 Å². The van der Waals surface area contributed by atoms with Gasteiger partial charge in [0.1, 0.15) is 0 Å². The van der Waals surface area contributed by atoms with Gasteiger partial charge in [0.15, 0.2) is 0 Å². The Morgan fingerprint density at radius 1 is 1.26 bits per heavy atom. The van der Waals surface area contributed by atoms with Crippen LogP contribution in [0.5, 0.6) is 0 Å². The first-order valence-corrected chi connectivity index (χ1v) is 10.8. The van der Waals surface area contributed by atoms with E-state index >= 15 is 0 Å². The van der Waals surface area contributed by atoms with E-state index in [0.717, 1.165) is 37.2 Å². The van der Waals surface area contributed by atoms with Gasteiger partial charge in [0.25, 0.3) is 5.91 Å². The molecule has 1 saturated carbocycles. The second-order valence-electron chi connectivity index (χ2n) is 8.42. The minimum Gasteiger partial charge on any atom is -0.355 e. The molecule has 3 heterocycles. The van der Waals surface area contributed by atoms with Gasteiger partial charge in [-0.05, 0) is 48.9 Å². The van der Waals surface area contributed by atoms with Gasteiger partial charge in [0, 0.05) is 61.8 Å². The highest BCUT2D eigenvalue weighted by Crippen LogP contribution is 2.45. The van der Waals surface area contributed by atoms with Crippen molar-refractivity contribution in [1.82, 2.24) is 30.0 Å². The highest BCUT2D eigenvalue weighted by molar-refractivity contribution is 5.95. The summed E-state index contributed by atoms with van der Waals surface area (Å²) in [5.74, 6) is 0.924. The van der Waals surface area contributed by atoms with E-state index in [1.807, 2.05) is 41.4 Å². The number of carbonyl (C=O) groups is 2. The number of H-pyrrole nitrogens is 1. The zero-order valence-electron chi connectivity index (χ0n) is 17.3. The fourth-order valence-electron chi connectivity index (χ4n) is 4.83. The summed E-state index contributed by atoms with van der Waals surface area (Å²) in [5, 5.41) is 7.30. The molecule has 3 atom stereocenters. The molecule has 1 aliphatic carbocycles. The van der Waals surface area contributed by atoms with Crippen molar-refractivity contribution in [3.05, 3.63) is 66.5 Å². The highest BCUT2D eigenvalue weighted by Gasteiger charge is 2.48. The lowest BCUT2D eigenvalue weighted by molar-refractivity contribution is -0.136. The molecule has 31 heavy (non-hydrogen) atoms. The van der Waals surface area contributed by atoms with Crippen LogP contribution in [0.2, 0.25) is 0 Å². The summed E-state index contributed by atoms with van der Waals surface area (Å²) in [6.45, 7) is 1.99. The SMILES string of the molecule is O=C(NCCc1cnc[nH]1)[C@@H]1C[C@H]2CCN(C(=O)c3cccc(-n4cccn4)c3)C[C@H]21. The van der Waals surface area contributed by atoms with Crippen LogP contribution < -0.4 is 5.32 Å². The molecule has 2 amide bonds. The van der Waals surface area contributed by atoms with Crippen LogP contribution in [0.15, 0.2) is 55.2 Å².